The highest BCUT2D eigenvalue weighted by Crippen LogP contribution is 2.23. The van der Waals surface area contributed by atoms with Gasteiger partial charge in [-0.1, -0.05) is 6.07 Å². The van der Waals surface area contributed by atoms with E-state index in [1.807, 2.05) is 26.8 Å². The number of rotatable bonds is 6. The number of nitrogens with one attached hydrogen (secondary N) is 2. The topological polar surface area (TPSA) is 79.8 Å². The Morgan fingerprint density at radius 2 is 2.09 bits per heavy atom. The lowest BCUT2D eigenvalue weighted by Crippen LogP contribution is -2.37. The number of hydrazone groups is 1. The predicted octanol–water partition coefficient (Wildman–Crippen LogP) is 1.63. The van der Waals surface area contributed by atoms with Crippen LogP contribution in [0.1, 0.15) is 36.5 Å². The van der Waals surface area contributed by atoms with Gasteiger partial charge in [0.05, 0.1) is 6.61 Å². The first-order valence-corrected chi connectivity index (χ1v) is 7.87. The van der Waals surface area contributed by atoms with E-state index in [2.05, 4.69) is 21.9 Å². The second-order valence-corrected chi connectivity index (χ2v) is 5.58. The molecule has 6 nitrogen and oxygen atoms in total. The number of ether oxygens (including phenoxy) is 1. The molecule has 2 rings (SSSR count). The van der Waals surface area contributed by atoms with Gasteiger partial charge in [0.2, 0.25) is 5.91 Å². The average Bonchev–Trinajstić information content (AvgIpc) is 2.52. The minimum Gasteiger partial charge on any atom is -0.494 e. The largest absolute Gasteiger partial charge is 0.494 e. The summed E-state index contributed by atoms with van der Waals surface area (Å²) in [4.78, 5) is 23.0. The van der Waals surface area contributed by atoms with Crippen molar-refractivity contribution in [3.8, 4) is 5.75 Å². The van der Waals surface area contributed by atoms with Gasteiger partial charge in [0, 0.05) is 19.4 Å². The number of carbonyl (C=O) groups is 2. The number of benzene rings is 1. The van der Waals surface area contributed by atoms with Crippen LogP contribution in [0.4, 0.5) is 0 Å². The lowest BCUT2D eigenvalue weighted by Gasteiger charge is -2.14. The molecule has 1 aromatic carbocycles. The van der Waals surface area contributed by atoms with Gasteiger partial charge in [-0.15, -0.1) is 0 Å². The zero-order valence-corrected chi connectivity index (χ0v) is 13.9. The van der Waals surface area contributed by atoms with E-state index >= 15 is 0 Å². The Kier molecular flexibility index (Phi) is 5.73. The lowest BCUT2D eigenvalue weighted by molar-refractivity contribution is -0.121. The molecular weight excluding hydrogens is 294 g/mol. The van der Waals surface area contributed by atoms with Crippen molar-refractivity contribution >= 4 is 17.5 Å². The molecule has 0 aromatic heterocycles. The Bertz CT molecular complexity index is 638. The van der Waals surface area contributed by atoms with E-state index < -0.39 is 0 Å². The van der Waals surface area contributed by atoms with Crippen molar-refractivity contribution in [1.82, 2.24) is 10.7 Å². The maximum Gasteiger partial charge on any atom is 0.267 e. The third-order valence-corrected chi connectivity index (χ3v) is 3.78. The minimum absolute atomic E-state index is 0.151. The van der Waals surface area contributed by atoms with Gasteiger partial charge in [0.1, 0.15) is 11.5 Å². The molecule has 1 aromatic rings. The van der Waals surface area contributed by atoms with Crippen LogP contribution < -0.4 is 15.5 Å². The molecule has 0 saturated carbocycles. The van der Waals surface area contributed by atoms with E-state index in [4.69, 9.17) is 4.74 Å². The van der Waals surface area contributed by atoms with Gasteiger partial charge in [-0.05, 0) is 49.9 Å². The highest BCUT2D eigenvalue weighted by Gasteiger charge is 2.17. The standard InChI is InChI=1S/C17H23N3O3/c1-4-23-15-10-11(2)13(9-12(15)3)7-8-18-17(22)14-5-6-16(21)20-19-14/h9-10H,4-8H2,1-3H3,(H,18,22)(H,20,21). The fourth-order valence-electron chi connectivity index (χ4n) is 2.48. The van der Waals surface area contributed by atoms with Crippen molar-refractivity contribution in [2.45, 2.75) is 40.0 Å². The second-order valence-electron chi connectivity index (χ2n) is 5.58. The van der Waals surface area contributed by atoms with Crippen LogP contribution in [0, 0.1) is 13.8 Å². The summed E-state index contributed by atoms with van der Waals surface area (Å²) in [5, 5.41) is 6.64. The highest BCUT2D eigenvalue weighted by atomic mass is 16.5. The van der Waals surface area contributed by atoms with E-state index in [1.165, 1.54) is 5.56 Å². The molecule has 2 N–H and O–H groups in total. The van der Waals surface area contributed by atoms with Crippen molar-refractivity contribution in [2.75, 3.05) is 13.2 Å². The zero-order valence-electron chi connectivity index (χ0n) is 13.9. The first kappa shape index (κ1) is 17.0. The number of carbonyl (C=O) groups excluding carboxylic acids is 2. The van der Waals surface area contributed by atoms with E-state index in [0.29, 0.717) is 31.7 Å². The first-order chi connectivity index (χ1) is 11.0. The number of amides is 2. The minimum atomic E-state index is -0.217. The van der Waals surface area contributed by atoms with E-state index in [-0.39, 0.29) is 11.8 Å². The Labute approximate surface area is 136 Å². The number of hydrogen-bond donors (Lipinski definition) is 2. The van der Waals surface area contributed by atoms with E-state index in [1.54, 1.807) is 0 Å². The van der Waals surface area contributed by atoms with Crippen LogP contribution in [-0.2, 0) is 16.0 Å². The Morgan fingerprint density at radius 1 is 1.30 bits per heavy atom. The van der Waals surface area contributed by atoms with Crippen molar-refractivity contribution in [3.63, 3.8) is 0 Å². The molecule has 2 amide bonds. The summed E-state index contributed by atoms with van der Waals surface area (Å²) in [7, 11) is 0. The molecule has 0 atom stereocenters. The maximum atomic E-state index is 12.0. The zero-order chi connectivity index (χ0) is 16.8. The van der Waals surface area contributed by atoms with Gasteiger partial charge < -0.3 is 10.1 Å². The van der Waals surface area contributed by atoms with E-state index in [0.717, 1.165) is 23.3 Å². The molecule has 0 radical (unpaired) electrons. The summed E-state index contributed by atoms with van der Waals surface area (Å²) in [6, 6.07) is 4.14. The fourth-order valence-corrected chi connectivity index (χ4v) is 2.48. The molecule has 1 heterocycles. The second kappa shape index (κ2) is 7.76. The Hall–Kier alpha value is -2.37. The Balaban J connectivity index is 1.90. The van der Waals surface area contributed by atoms with Crippen molar-refractivity contribution < 1.29 is 14.3 Å². The Morgan fingerprint density at radius 3 is 2.74 bits per heavy atom. The highest BCUT2D eigenvalue weighted by molar-refractivity contribution is 6.39. The molecule has 0 fully saturated rings. The van der Waals surface area contributed by atoms with Gasteiger partial charge >= 0.3 is 0 Å². The average molecular weight is 317 g/mol. The molecule has 124 valence electrons. The van der Waals surface area contributed by atoms with Gasteiger partial charge in [0.15, 0.2) is 0 Å². The fraction of sp³-hybridized carbons (Fsp3) is 0.471. The predicted molar refractivity (Wildman–Crippen MR) is 88.6 cm³/mol. The quantitative estimate of drug-likeness (QED) is 0.837. The first-order valence-electron chi connectivity index (χ1n) is 7.87. The normalized spacial score (nSPS) is 14.0. The molecule has 6 heteroatoms. The third kappa shape index (κ3) is 4.55. The van der Waals surface area contributed by atoms with Crippen LogP contribution in [0.5, 0.6) is 5.75 Å². The van der Waals surface area contributed by atoms with Gasteiger partial charge in [-0.3, -0.25) is 9.59 Å². The molecule has 1 aliphatic rings. The lowest BCUT2D eigenvalue weighted by atomic mass is 10.0. The summed E-state index contributed by atoms with van der Waals surface area (Å²) in [5.41, 5.74) is 6.14. The van der Waals surface area contributed by atoms with Crippen LogP contribution in [0.15, 0.2) is 17.2 Å². The SMILES string of the molecule is CCOc1cc(C)c(CCNC(=O)C2=NNC(=O)CC2)cc1C. The number of aryl methyl sites for hydroxylation is 2. The summed E-state index contributed by atoms with van der Waals surface area (Å²) >= 11 is 0. The summed E-state index contributed by atoms with van der Waals surface area (Å²) in [6.07, 6.45) is 1.44. The van der Waals surface area contributed by atoms with Crippen molar-refractivity contribution in [1.29, 1.82) is 0 Å². The molecule has 23 heavy (non-hydrogen) atoms. The van der Waals surface area contributed by atoms with Crippen molar-refractivity contribution in [2.24, 2.45) is 5.10 Å². The monoisotopic (exact) mass is 317 g/mol. The van der Waals surface area contributed by atoms with Crippen LogP contribution in [0.3, 0.4) is 0 Å². The smallest absolute Gasteiger partial charge is 0.267 e. The van der Waals surface area contributed by atoms with Crippen LogP contribution >= 0.6 is 0 Å². The van der Waals surface area contributed by atoms with Crippen molar-refractivity contribution in [3.05, 3.63) is 28.8 Å². The number of hydrogen-bond acceptors (Lipinski definition) is 4. The summed E-state index contributed by atoms with van der Waals surface area (Å²) < 4.78 is 5.58. The van der Waals surface area contributed by atoms with E-state index in [9.17, 15) is 9.59 Å². The molecule has 0 spiro atoms. The summed E-state index contributed by atoms with van der Waals surface area (Å²) in [5.74, 6) is 0.539. The summed E-state index contributed by atoms with van der Waals surface area (Å²) in [6.45, 7) is 7.20. The molecule has 0 unspecified atom stereocenters. The molecular formula is C17H23N3O3. The third-order valence-electron chi connectivity index (χ3n) is 3.78. The van der Waals surface area contributed by atoms with Gasteiger partial charge in [-0.25, -0.2) is 5.43 Å². The number of nitrogens with zero attached hydrogens (tertiary/aromatic N) is 1. The molecule has 0 saturated heterocycles. The molecule has 0 aliphatic carbocycles. The molecule has 0 bridgehead atoms. The van der Waals surface area contributed by atoms with Gasteiger partial charge in [-0.2, -0.15) is 5.10 Å². The molecule has 1 aliphatic heterocycles. The van der Waals surface area contributed by atoms with Crippen LogP contribution in [0.25, 0.3) is 0 Å². The van der Waals surface area contributed by atoms with Crippen LogP contribution in [0.2, 0.25) is 0 Å². The maximum absolute atomic E-state index is 12.0. The van der Waals surface area contributed by atoms with Crippen LogP contribution in [-0.4, -0.2) is 30.7 Å². The van der Waals surface area contributed by atoms with Gasteiger partial charge in [0.25, 0.3) is 5.91 Å².